The van der Waals surface area contributed by atoms with Gasteiger partial charge in [-0.2, -0.15) is 0 Å². The molecule has 2 aromatic carbocycles. The number of hydrogen-bond acceptors (Lipinski definition) is 3. The van der Waals surface area contributed by atoms with Crippen molar-refractivity contribution in [3.63, 3.8) is 0 Å². The van der Waals surface area contributed by atoms with E-state index in [1.54, 1.807) is 0 Å². The topological polar surface area (TPSA) is 66.4 Å². The highest BCUT2D eigenvalue weighted by molar-refractivity contribution is 9.10. The molecule has 0 bridgehead atoms. The van der Waals surface area contributed by atoms with Crippen molar-refractivity contribution in [1.29, 1.82) is 0 Å². The lowest BCUT2D eigenvalue weighted by Gasteiger charge is -2.11. The van der Waals surface area contributed by atoms with E-state index >= 15 is 0 Å². The van der Waals surface area contributed by atoms with E-state index in [2.05, 4.69) is 20.7 Å². The zero-order valence-electron chi connectivity index (χ0n) is 10.5. The van der Waals surface area contributed by atoms with Gasteiger partial charge < -0.3 is 5.11 Å². The molecule has 0 saturated heterocycles. The molecule has 0 aliphatic carbocycles. The molecule has 0 radical (unpaired) electrons. The summed E-state index contributed by atoms with van der Waals surface area (Å²) in [6.45, 7) is -0.198. The minimum absolute atomic E-state index is 0.0138. The lowest BCUT2D eigenvalue weighted by atomic mass is 10.2. The second-order valence-corrected chi connectivity index (χ2v) is 7.06. The van der Waals surface area contributed by atoms with Crippen molar-refractivity contribution >= 4 is 43.2 Å². The van der Waals surface area contributed by atoms with Crippen LogP contribution in [-0.4, -0.2) is 13.5 Å². The third kappa shape index (κ3) is 3.74. The van der Waals surface area contributed by atoms with Gasteiger partial charge in [-0.05, 0) is 51.8 Å². The molecule has 0 aromatic heterocycles. The number of anilines is 1. The Morgan fingerprint density at radius 2 is 1.95 bits per heavy atom. The quantitative estimate of drug-likeness (QED) is 0.833. The fourth-order valence-electron chi connectivity index (χ4n) is 1.63. The van der Waals surface area contributed by atoms with Gasteiger partial charge in [-0.3, -0.25) is 4.72 Å². The largest absolute Gasteiger partial charge is 0.392 e. The van der Waals surface area contributed by atoms with E-state index in [9.17, 15) is 12.8 Å². The van der Waals surface area contributed by atoms with Crippen LogP contribution in [0.5, 0.6) is 0 Å². The molecular weight excluding hydrogens is 385 g/mol. The highest BCUT2D eigenvalue weighted by Gasteiger charge is 2.19. The summed E-state index contributed by atoms with van der Waals surface area (Å²) in [4.78, 5) is -0.0138. The minimum Gasteiger partial charge on any atom is -0.392 e. The summed E-state index contributed by atoms with van der Waals surface area (Å²) >= 11 is 8.94. The van der Waals surface area contributed by atoms with Crippen LogP contribution in [0.4, 0.5) is 10.1 Å². The van der Waals surface area contributed by atoms with Crippen molar-refractivity contribution < 1.29 is 17.9 Å². The van der Waals surface area contributed by atoms with Crippen molar-refractivity contribution in [2.24, 2.45) is 0 Å². The van der Waals surface area contributed by atoms with Crippen LogP contribution in [-0.2, 0) is 16.6 Å². The van der Waals surface area contributed by atoms with Crippen LogP contribution in [0.2, 0.25) is 5.02 Å². The Bertz CT molecular complexity index is 783. The Hall–Kier alpha value is -1.15. The van der Waals surface area contributed by atoms with Crippen molar-refractivity contribution in [2.45, 2.75) is 11.5 Å². The van der Waals surface area contributed by atoms with E-state index in [1.807, 2.05) is 0 Å². The molecule has 0 saturated carbocycles. The minimum atomic E-state index is -3.89. The zero-order valence-corrected chi connectivity index (χ0v) is 13.6. The first-order valence-corrected chi connectivity index (χ1v) is 8.36. The maximum absolute atomic E-state index is 13.0. The van der Waals surface area contributed by atoms with Crippen molar-refractivity contribution in [2.75, 3.05) is 4.72 Å². The molecule has 0 atom stereocenters. The number of benzene rings is 2. The maximum atomic E-state index is 13.0. The van der Waals surface area contributed by atoms with Gasteiger partial charge in [0.25, 0.3) is 10.0 Å². The van der Waals surface area contributed by atoms with Crippen LogP contribution in [0.25, 0.3) is 0 Å². The van der Waals surface area contributed by atoms with Crippen molar-refractivity contribution in [1.82, 2.24) is 0 Å². The van der Waals surface area contributed by atoms with E-state index in [0.29, 0.717) is 10.0 Å². The van der Waals surface area contributed by atoms with Gasteiger partial charge in [0.15, 0.2) is 0 Å². The van der Waals surface area contributed by atoms with Crippen molar-refractivity contribution in [3.05, 3.63) is 57.3 Å². The highest BCUT2D eigenvalue weighted by Crippen LogP contribution is 2.28. The number of sulfonamides is 1. The monoisotopic (exact) mass is 393 g/mol. The molecular formula is C13H10BrClFNO3S. The SMILES string of the molecule is O=S(=O)(Nc1ccc(F)cc1Cl)c1ccc(CO)cc1Br. The van der Waals surface area contributed by atoms with Gasteiger partial charge in [0, 0.05) is 4.47 Å². The summed E-state index contributed by atoms with van der Waals surface area (Å²) in [6, 6.07) is 7.71. The molecule has 8 heteroatoms. The molecule has 0 amide bonds. The van der Waals surface area contributed by atoms with E-state index in [-0.39, 0.29) is 22.2 Å². The smallest absolute Gasteiger partial charge is 0.263 e. The van der Waals surface area contributed by atoms with Crippen LogP contribution >= 0.6 is 27.5 Å². The van der Waals surface area contributed by atoms with Gasteiger partial charge in [0.05, 0.1) is 17.3 Å². The van der Waals surface area contributed by atoms with Gasteiger partial charge >= 0.3 is 0 Å². The van der Waals surface area contributed by atoms with Crippen LogP contribution < -0.4 is 4.72 Å². The number of nitrogens with one attached hydrogen (secondary N) is 1. The van der Waals surface area contributed by atoms with E-state index in [1.165, 1.54) is 24.3 Å². The maximum Gasteiger partial charge on any atom is 0.263 e. The lowest BCUT2D eigenvalue weighted by Crippen LogP contribution is -2.14. The Balaban J connectivity index is 2.38. The molecule has 2 N–H and O–H groups in total. The van der Waals surface area contributed by atoms with Crippen LogP contribution in [0.1, 0.15) is 5.56 Å². The summed E-state index contributed by atoms with van der Waals surface area (Å²) < 4.78 is 40.2. The number of rotatable bonds is 4. The van der Waals surface area contributed by atoms with Crippen LogP contribution in [0.15, 0.2) is 45.8 Å². The average Bonchev–Trinajstić information content (AvgIpc) is 2.41. The summed E-state index contributed by atoms with van der Waals surface area (Å²) in [5.41, 5.74) is 0.650. The summed E-state index contributed by atoms with van der Waals surface area (Å²) in [5.74, 6) is -0.559. The van der Waals surface area contributed by atoms with Gasteiger partial charge in [0.1, 0.15) is 10.7 Å². The number of aliphatic hydroxyl groups is 1. The third-order valence-electron chi connectivity index (χ3n) is 2.64. The van der Waals surface area contributed by atoms with Gasteiger partial charge in [-0.1, -0.05) is 17.7 Å². The molecule has 0 heterocycles. The van der Waals surface area contributed by atoms with Crippen molar-refractivity contribution in [3.8, 4) is 0 Å². The number of hydrogen-bond donors (Lipinski definition) is 2. The molecule has 4 nitrogen and oxygen atoms in total. The number of aliphatic hydroxyl groups excluding tert-OH is 1. The summed E-state index contributed by atoms with van der Waals surface area (Å²) in [5, 5.41) is 8.97. The van der Waals surface area contributed by atoms with E-state index < -0.39 is 15.8 Å². The molecule has 0 aliphatic rings. The first-order valence-electron chi connectivity index (χ1n) is 5.70. The summed E-state index contributed by atoms with van der Waals surface area (Å²) in [7, 11) is -3.89. The third-order valence-corrected chi connectivity index (χ3v) is 5.30. The second-order valence-electron chi connectivity index (χ2n) is 4.15. The van der Waals surface area contributed by atoms with Gasteiger partial charge in [-0.25, -0.2) is 12.8 Å². The molecule has 112 valence electrons. The fraction of sp³-hybridized carbons (Fsp3) is 0.0769. The van der Waals surface area contributed by atoms with E-state index in [0.717, 1.165) is 12.1 Å². The average molecular weight is 395 g/mol. The normalized spacial score (nSPS) is 11.4. The zero-order chi connectivity index (χ0) is 15.6. The Labute approximate surface area is 134 Å². The predicted molar refractivity (Wildman–Crippen MR) is 82.3 cm³/mol. The standard InChI is InChI=1S/C13H10BrClFNO3S/c14-10-5-8(7-18)1-4-13(10)21(19,20)17-12-3-2-9(16)6-11(12)15/h1-6,17-18H,7H2. The van der Waals surface area contributed by atoms with Gasteiger partial charge in [-0.15, -0.1) is 0 Å². The first-order chi connectivity index (χ1) is 9.83. The molecule has 2 aromatic rings. The fourth-order valence-corrected chi connectivity index (χ4v) is 4.11. The summed E-state index contributed by atoms with van der Waals surface area (Å²) in [6.07, 6.45) is 0. The first kappa shape index (κ1) is 16.2. The molecule has 2 rings (SSSR count). The number of halogens is 3. The molecule has 0 fully saturated rings. The highest BCUT2D eigenvalue weighted by atomic mass is 79.9. The molecule has 0 unspecified atom stereocenters. The van der Waals surface area contributed by atoms with Crippen LogP contribution in [0.3, 0.4) is 0 Å². The Morgan fingerprint density at radius 1 is 1.24 bits per heavy atom. The second kappa shape index (κ2) is 6.31. The predicted octanol–water partition coefficient (Wildman–Crippen LogP) is 3.53. The molecule has 21 heavy (non-hydrogen) atoms. The van der Waals surface area contributed by atoms with Gasteiger partial charge in [0.2, 0.25) is 0 Å². The Kier molecular flexibility index (Phi) is 4.88. The van der Waals surface area contributed by atoms with Crippen LogP contribution in [0, 0.1) is 5.82 Å². The molecule has 0 spiro atoms. The molecule has 0 aliphatic heterocycles. The van der Waals surface area contributed by atoms with E-state index in [4.69, 9.17) is 16.7 Å². The lowest BCUT2D eigenvalue weighted by molar-refractivity contribution is 0.281. The Morgan fingerprint density at radius 3 is 2.52 bits per heavy atom.